The van der Waals surface area contributed by atoms with E-state index in [0.29, 0.717) is 13.1 Å². The minimum Gasteiger partial charge on any atom is -0.344 e. The summed E-state index contributed by atoms with van der Waals surface area (Å²) in [5.74, 6) is -0.0450. The van der Waals surface area contributed by atoms with Crippen LogP contribution in [0.5, 0.6) is 0 Å². The van der Waals surface area contributed by atoms with E-state index in [-0.39, 0.29) is 17.7 Å². The number of rotatable bonds is 5. The molecule has 1 N–H and O–H groups in total. The van der Waals surface area contributed by atoms with Gasteiger partial charge in [-0.2, -0.15) is 0 Å². The molecule has 0 bridgehead atoms. The molecule has 23 heavy (non-hydrogen) atoms. The molecule has 1 atom stereocenters. The normalized spacial score (nSPS) is 17.3. The summed E-state index contributed by atoms with van der Waals surface area (Å²) in [6.07, 6.45) is 0. The van der Waals surface area contributed by atoms with E-state index in [1.54, 1.807) is 11.3 Å². The van der Waals surface area contributed by atoms with Crippen LogP contribution in [0.3, 0.4) is 0 Å². The minimum absolute atomic E-state index is 0.0272. The van der Waals surface area contributed by atoms with E-state index < -0.39 is 6.04 Å². The lowest BCUT2D eigenvalue weighted by atomic mass is 10.0. The van der Waals surface area contributed by atoms with Crippen LogP contribution in [-0.4, -0.2) is 58.8 Å². The third-order valence-electron chi connectivity index (χ3n) is 4.03. The highest BCUT2D eigenvalue weighted by Gasteiger charge is 2.30. The minimum atomic E-state index is -0.430. The number of amides is 2. The summed E-state index contributed by atoms with van der Waals surface area (Å²) in [7, 11) is 0. The summed E-state index contributed by atoms with van der Waals surface area (Å²) in [4.78, 5) is 32.6. The smallest absolute Gasteiger partial charge is 0.245 e. The number of carbonyl (C=O) groups is 2. The van der Waals surface area contributed by atoms with E-state index in [4.69, 9.17) is 0 Å². The van der Waals surface area contributed by atoms with E-state index in [1.165, 1.54) is 6.92 Å². The fraction of sp³-hybridized carbons (Fsp3) is 0.688. The van der Waals surface area contributed by atoms with Gasteiger partial charge >= 0.3 is 0 Å². The fourth-order valence-electron chi connectivity index (χ4n) is 2.77. The fourth-order valence-corrected chi connectivity index (χ4v) is 3.37. The summed E-state index contributed by atoms with van der Waals surface area (Å²) < 4.78 is 0. The third-order valence-corrected chi connectivity index (χ3v) is 4.85. The molecule has 0 saturated carbocycles. The molecule has 1 fully saturated rings. The van der Waals surface area contributed by atoms with Crippen molar-refractivity contribution in [1.82, 2.24) is 20.1 Å². The molecule has 1 aromatic rings. The van der Waals surface area contributed by atoms with Crippen LogP contribution in [-0.2, 0) is 16.1 Å². The molecule has 0 spiro atoms. The number of carbonyl (C=O) groups excluding carboxylic acids is 2. The largest absolute Gasteiger partial charge is 0.344 e. The second kappa shape index (κ2) is 7.88. The molecule has 1 aliphatic rings. The van der Waals surface area contributed by atoms with Gasteiger partial charge in [0.15, 0.2) is 0 Å². The third kappa shape index (κ3) is 5.00. The number of nitrogens with zero attached hydrogens (tertiary/aromatic N) is 3. The number of aryl methyl sites for hydroxylation is 1. The molecule has 1 saturated heterocycles. The van der Waals surface area contributed by atoms with Gasteiger partial charge in [-0.25, -0.2) is 4.98 Å². The van der Waals surface area contributed by atoms with Crippen LogP contribution in [0.4, 0.5) is 0 Å². The molecule has 0 aliphatic carbocycles. The molecule has 2 amide bonds. The zero-order valence-electron chi connectivity index (χ0n) is 14.3. The molecule has 1 aliphatic heterocycles. The van der Waals surface area contributed by atoms with E-state index in [2.05, 4.69) is 20.6 Å². The number of piperazine rings is 1. The van der Waals surface area contributed by atoms with Crippen molar-refractivity contribution in [3.8, 4) is 0 Å². The van der Waals surface area contributed by atoms with Gasteiger partial charge in [0.05, 0.1) is 10.7 Å². The lowest BCUT2D eigenvalue weighted by Gasteiger charge is -2.37. The van der Waals surface area contributed by atoms with Crippen molar-refractivity contribution in [2.24, 2.45) is 5.92 Å². The average Bonchev–Trinajstić information content (AvgIpc) is 2.89. The van der Waals surface area contributed by atoms with Crippen molar-refractivity contribution in [3.63, 3.8) is 0 Å². The van der Waals surface area contributed by atoms with Crippen molar-refractivity contribution in [1.29, 1.82) is 0 Å². The zero-order chi connectivity index (χ0) is 17.0. The molecule has 1 aromatic heterocycles. The maximum atomic E-state index is 12.6. The lowest BCUT2D eigenvalue weighted by Crippen LogP contribution is -2.56. The number of hydrogen-bond acceptors (Lipinski definition) is 5. The van der Waals surface area contributed by atoms with Crippen LogP contribution in [0.25, 0.3) is 0 Å². The molecule has 6 nitrogen and oxygen atoms in total. The zero-order valence-corrected chi connectivity index (χ0v) is 15.2. The summed E-state index contributed by atoms with van der Waals surface area (Å²) in [5.41, 5.74) is 1.10. The molecule has 0 unspecified atom stereocenters. The number of aromatic nitrogens is 1. The van der Waals surface area contributed by atoms with Gasteiger partial charge in [0.2, 0.25) is 11.8 Å². The Kier molecular flexibility index (Phi) is 6.12. The van der Waals surface area contributed by atoms with E-state index in [1.807, 2.05) is 25.7 Å². The number of hydrogen-bond donors (Lipinski definition) is 1. The topological polar surface area (TPSA) is 65.5 Å². The summed E-state index contributed by atoms with van der Waals surface area (Å²) >= 11 is 1.67. The van der Waals surface area contributed by atoms with Crippen molar-refractivity contribution in [2.45, 2.75) is 40.3 Å². The summed E-state index contributed by atoms with van der Waals surface area (Å²) in [5, 5.41) is 5.96. The summed E-state index contributed by atoms with van der Waals surface area (Å²) in [6, 6.07) is -0.430. The van der Waals surface area contributed by atoms with Gasteiger partial charge in [0, 0.05) is 45.0 Å². The molecule has 0 aromatic carbocycles. The second-order valence-electron chi connectivity index (χ2n) is 6.38. The average molecular weight is 338 g/mol. The molecular weight excluding hydrogens is 312 g/mol. The first-order chi connectivity index (χ1) is 10.9. The van der Waals surface area contributed by atoms with E-state index >= 15 is 0 Å². The molecule has 128 valence electrons. The molecular formula is C16H26N4O2S. The second-order valence-corrected chi connectivity index (χ2v) is 7.44. The maximum absolute atomic E-state index is 12.6. The Morgan fingerprint density at radius 1 is 1.30 bits per heavy atom. The predicted octanol–water partition coefficient (Wildman–Crippen LogP) is 1.26. The highest BCUT2D eigenvalue weighted by Crippen LogP contribution is 2.14. The van der Waals surface area contributed by atoms with Crippen molar-refractivity contribution in [2.75, 3.05) is 26.2 Å². The van der Waals surface area contributed by atoms with Crippen molar-refractivity contribution in [3.05, 3.63) is 16.1 Å². The van der Waals surface area contributed by atoms with Crippen LogP contribution in [0.1, 0.15) is 31.5 Å². The van der Waals surface area contributed by atoms with Gasteiger partial charge in [-0.1, -0.05) is 13.8 Å². The van der Waals surface area contributed by atoms with E-state index in [9.17, 15) is 9.59 Å². The Hall–Kier alpha value is -1.47. The van der Waals surface area contributed by atoms with Gasteiger partial charge in [-0.3, -0.25) is 14.5 Å². The van der Waals surface area contributed by atoms with Crippen LogP contribution < -0.4 is 5.32 Å². The van der Waals surface area contributed by atoms with Gasteiger partial charge < -0.3 is 10.2 Å². The Morgan fingerprint density at radius 3 is 2.43 bits per heavy atom. The van der Waals surface area contributed by atoms with Crippen molar-refractivity contribution >= 4 is 23.2 Å². The quantitative estimate of drug-likeness (QED) is 0.878. The molecule has 7 heteroatoms. The molecule has 2 heterocycles. The monoisotopic (exact) mass is 338 g/mol. The first kappa shape index (κ1) is 17.9. The van der Waals surface area contributed by atoms with Crippen LogP contribution >= 0.6 is 11.3 Å². The Morgan fingerprint density at radius 2 is 1.96 bits per heavy atom. The maximum Gasteiger partial charge on any atom is 0.245 e. The van der Waals surface area contributed by atoms with Crippen LogP contribution in [0, 0.1) is 12.8 Å². The highest BCUT2D eigenvalue weighted by molar-refractivity contribution is 7.09. The number of nitrogens with one attached hydrogen (secondary N) is 1. The summed E-state index contributed by atoms with van der Waals surface area (Å²) in [6.45, 7) is 11.3. The van der Waals surface area contributed by atoms with Gasteiger partial charge in [-0.05, 0) is 12.8 Å². The molecule has 0 radical (unpaired) electrons. The SMILES string of the molecule is CC(=O)N[C@@H](C(=O)N1CCN(Cc2csc(C)n2)CC1)C(C)C. The molecule has 2 rings (SSSR count). The Labute approximate surface area is 141 Å². The first-order valence-electron chi connectivity index (χ1n) is 8.06. The standard InChI is InChI=1S/C16H26N4O2S/c1-11(2)15(17-12(3)21)16(22)20-7-5-19(6-8-20)9-14-10-23-13(4)18-14/h10-11,15H,5-9H2,1-4H3,(H,17,21)/t15-/m1/s1. The lowest BCUT2D eigenvalue weighted by molar-refractivity contribution is -0.138. The first-order valence-corrected chi connectivity index (χ1v) is 8.94. The van der Waals surface area contributed by atoms with Gasteiger partial charge in [0.25, 0.3) is 0 Å². The van der Waals surface area contributed by atoms with Gasteiger partial charge in [0.1, 0.15) is 6.04 Å². The van der Waals surface area contributed by atoms with Crippen LogP contribution in [0.2, 0.25) is 0 Å². The highest BCUT2D eigenvalue weighted by atomic mass is 32.1. The predicted molar refractivity (Wildman–Crippen MR) is 91.2 cm³/mol. The number of thiazole rings is 1. The van der Waals surface area contributed by atoms with E-state index in [0.717, 1.165) is 30.3 Å². The van der Waals surface area contributed by atoms with Crippen LogP contribution in [0.15, 0.2) is 5.38 Å². The van der Waals surface area contributed by atoms with Gasteiger partial charge in [-0.15, -0.1) is 11.3 Å². The Balaban J connectivity index is 1.87. The van der Waals surface area contributed by atoms with Crippen molar-refractivity contribution < 1.29 is 9.59 Å². The Bertz CT molecular complexity index is 550.